The number of benzene rings is 2. The van der Waals surface area contributed by atoms with Gasteiger partial charge >= 0.3 is 0 Å². The summed E-state index contributed by atoms with van der Waals surface area (Å²) in [5, 5.41) is 17.4. The van der Waals surface area contributed by atoms with E-state index in [0.29, 0.717) is 0 Å². The first-order valence-corrected chi connectivity index (χ1v) is 25.1. The van der Waals surface area contributed by atoms with Gasteiger partial charge in [0.2, 0.25) is 0 Å². The fraction of sp³-hybridized carbons (Fsp3) is 0.593. The van der Waals surface area contributed by atoms with Gasteiger partial charge < -0.3 is 14.5 Å². The van der Waals surface area contributed by atoms with Gasteiger partial charge in [0.1, 0.15) is 6.54 Å². The minimum Gasteiger partial charge on any atom is -0.381 e. The van der Waals surface area contributed by atoms with Crippen molar-refractivity contribution >= 4 is 34.1 Å². The first-order chi connectivity index (χ1) is 31.1. The Labute approximate surface area is 383 Å². The van der Waals surface area contributed by atoms with Crippen LogP contribution in [0.2, 0.25) is 0 Å². The van der Waals surface area contributed by atoms with E-state index in [1.165, 1.54) is 140 Å². The molecule has 0 bridgehead atoms. The lowest BCUT2D eigenvalue weighted by Crippen LogP contribution is -2.31. The van der Waals surface area contributed by atoms with E-state index in [4.69, 9.17) is 4.74 Å². The second-order valence-electron chi connectivity index (χ2n) is 16.8. The molecule has 9 nitrogen and oxygen atoms in total. The predicted molar refractivity (Wildman–Crippen MR) is 268 cm³/mol. The molecule has 1 aliphatic heterocycles. The van der Waals surface area contributed by atoms with Gasteiger partial charge in [-0.05, 0) is 99.2 Å². The van der Waals surface area contributed by atoms with Gasteiger partial charge in [-0.15, -0.1) is 0 Å². The van der Waals surface area contributed by atoms with Crippen molar-refractivity contribution in [2.75, 3.05) is 49.2 Å². The quantitative estimate of drug-likeness (QED) is 0.0309. The van der Waals surface area contributed by atoms with Crippen molar-refractivity contribution in [3.63, 3.8) is 0 Å². The van der Waals surface area contributed by atoms with Gasteiger partial charge in [-0.2, -0.15) is 20.5 Å². The number of hydrogen-bond donors (Lipinski definition) is 0. The molecular weight excluding hydrogens is 777 g/mol. The number of pyridine rings is 2. The van der Waals surface area contributed by atoms with Crippen LogP contribution in [-0.2, 0) is 11.3 Å². The lowest BCUT2D eigenvalue weighted by atomic mass is 10.1. The number of aryl methyl sites for hydroxylation is 1. The van der Waals surface area contributed by atoms with Crippen LogP contribution in [-0.4, -0.2) is 44.4 Å². The third-order valence-corrected chi connectivity index (χ3v) is 11.3. The summed E-state index contributed by atoms with van der Waals surface area (Å²) in [5.74, 6) is 0. The largest absolute Gasteiger partial charge is 0.381 e. The van der Waals surface area contributed by atoms with Gasteiger partial charge in [0.25, 0.3) is 0 Å². The first kappa shape index (κ1) is 52.8. The highest BCUT2D eigenvalue weighted by atomic mass is 16.5. The summed E-state index contributed by atoms with van der Waals surface area (Å²) in [7, 11) is 0. The fourth-order valence-electron chi connectivity index (χ4n) is 7.28. The Kier molecular flexibility index (Phi) is 30.1. The van der Waals surface area contributed by atoms with Gasteiger partial charge in [-0.25, -0.2) is 4.57 Å². The van der Waals surface area contributed by atoms with Gasteiger partial charge in [0, 0.05) is 81.7 Å². The number of unbranched alkanes of at least 4 members (excludes halogenated alkanes) is 13. The minimum atomic E-state index is 0.822. The fourth-order valence-corrected chi connectivity index (χ4v) is 7.28. The zero-order valence-corrected chi connectivity index (χ0v) is 40.3. The summed E-state index contributed by atoms with van der Waals surface area (Å²) < 4.78 is 7.15. The molecule has 0 atom stereocenters. The van der Waals surface area contributed by atoms with E-state index in [0.717, 1.165) is 68.7 Å². The summed E-state index contributed by atoms with van der Waals surface area (Å²) in [6, 6.07) is 24.8. The van der Waals surface area contributed by atoms with Gasteiger partial charge in [0.05, 0.1) is 22.7 Å². The standard InChI is InChI=1S/C27H43N4.C23H34N4.C4H8O/c1-4-7-10-12-21-31(22-13-11-8-5-2)27-16-14-25(15-17-27)28-29-26-18-23-30(24-19-26)20-9-6-3;1-3-5-7-9-19-27(20-10-8-6-4-2)23-13-11-21(12-14-23)25-26-22-15-17-24-18-16-22;1-2-4-5-3-1/h14-19,23-24H,4-13,20-22H2,1-3H3;11-18H,3-10,19-20H2,1-2H3;1-4H2/q+1;;. The predicted octanol–water partition coefficient (Wildman–Crippen LogP) is 16.4. The zero-order chi connectivity index (χ0) is 44.8. The summed E-state index contributed by atoms with van der Waals surface area (Å²) in [6.07, 6.45) is 33.4. The number of ether oxygens (including phenoxy) is 1. The Morgan fingerprint density at radius 3 is 1.11 bits per heavy atom. The maximum absolute atomic E-state index is 4.94. The van der Waals surface area contributed by atoms with E-state index in [2.05, 4.69) is 135 Å². The Balaban J connectivity index is 0.000000303. The average molecular weight is 862 g/mol. The molecule has 0 saturated carbocycles. The molecule has 0 unspecified atom stereocenters. The molecule has 0 radical (unpaired) electrons. The molecule has 2 aromatic carbocycles. The third kappa shape index (κ3) is 24.8. The second-order valence-corrected chi connectivity index (χ2v) is 16.8. The SMILES string of the molecule is C1CCOC1.CCCCCCN(CCCCCC)c1ccc(N=Nc2cc[n+](CCCC)cc2)cc1.CCCCCCN(CCCCCC)c1ccc(N=Nc2ccncc2)cc1. The molecule has 0 spiro atoms. The van der Waals surface area contributed by atoms with Crippen LogP contribution >= 0.6 is 0 Å². The van der Waals surface area contributed by atoms with E-state index >= 15 is 0 Å². The van der Waals surface area contributed by atoms with Crippen LogP contribution in [0.1, 0.15) is 163 Å². The Morgan fingerprint density at radius 2 is 0.778 bits per heavy atom. The van der Waals surface area contributed by atoms with E-state index in [-0.39, 0.29) is 0 Å². The number of hydrogen-bond acceptors (Lipinski definition) is 8. The van der Waals surface area contributed by atoms with Crippen molar-refractivity contribution in [3.8, 4) is 0 Å². The highest BCUT2D eigenvalue weighted by Gasteiger charge is 2.08. The smallest absolute Gasteiger partial charge is 0.171 e. The Bertz CT molecular complexity index is 1660. The van der Waals surface area contributed by atoms with Crippen molar-refractivity contribution in [3.05, 3.63) is 97.6 Å². The normalized spacial score (nSPS) is 12.3. The van der Waals surface area contributed by atoms with E-state index in [9.17, 15) is 0 Å². The maximum atomic E-state index is 4.94. The topological polar surface area (TPSA) is 81.9 Å². The monoisotopic (exact) mass is 862 g/mol. The Morgan fingerprint density at radius 1 is 0.429 bits per heavy atom. The summed E-state index contributed by atoms with van der Waals surface area (Å²) in [4.78, 5) is 9.09. The second kappa shape index (κ2) is 35.9. The van der Waals surface area contributed by atoms with Crippen LogP contribution in [0.15, 0.2) is 118 Å². The van der Waals surface area contributed by atoms with Gasteiger partial charge in [0.15, 0.2) is 12.4 Å². The van der Waals surface area contributed by atoms with Crippen LogP contribution < -0.4 is 14.4 Å². The molecule has 3 heterocycles. The molecule has 0 N–H and O–H groups in total. The maximum Gasteiger partial charge on any atom is 0.171 e. The number of nitrogens with zero attached hydrogens (tertiary/aromatic N) is 8. The van der Waals surface area contributed by atoms with Crippen LogP contribution in [0.5, 0.6) is 0 Å². The molecule has 346 valence electrons. The molecule has 4 aromatic rings. The first-order valence-electron chi connectivity index (χ1n) is 25.1. The number of anilines is 2. The lowest BCUT2D eigenvalue weighted by Gasteiger charge is -2.25. The summed E-state index contributed by atoms with van der Waals surface area (Å²) in [5.41, 5.74) is 6.11. The van der Waals surface area contributed by atoms with E-state index in [1.807, 2.05) is 24.3 Å². The number of rotatable bonds is 29. The van der Waals surface area contributed by atoms with Crippen LogP contribution in [0.4, 0.5) is 34.1 Å². The van der Waals surface area contributed by atoms with Crippen molar-refractivity contribution in [2.24, 2.45) is 20.5 Å². The van der Waals surface area contributed by atoms with Crippen molar-refractivity contribution in [1.82, 2.24) is 4.98 Å². The summed E-state index contributed by atoms with van der Waals surface area (Å²) >= 11 is 0. The highest BCUT2D eigenvalue weighted by molar-refractivity contribution is 5.54. The van der Waals surface area contributed by atoms with Gasteiger partial charge in [-0.1, -0.05) is 118 Å². The highest BCUT2D eigenvalue weighted by Crippen LogP contribution is 2.25. The van der Waals surface area contributed by atoms with Crippen LogP contribution in [0, 0.1) is 0 Å². The van der Waals surface area contributed by atoms with Gasteiger partial charge in [-0.3, -0.25) is 4.98 Å². The number of azo groups is 2. The van der Waals surface area contributed by atoms with Crippen molar-refractivity contribution in [1.29, 1.82) is 0 Å². The van der Waals surface area contributed by atoms with Crippen molar-refractivity contribution < 1.29 is 9.30 Å². The lowest BCUT2D eigenvalue weighted by molar-refractivity contribution is -0.697. The summed E-state index contributed by atoms with van der Waals surface area (Å²) in [6.45, 7) is 18.9. The molecule has 9 heteroatoms. The molecule has 1 aliphatic rings. The van der Waals surface area contributed by atoms with E-state index < -0.39 is 0 Å². The molecule has 0 aliphatic carbocycles. The molecule has 1 fully saturated rings. The Hall–Kier alpha value is -4.50. The molecule has 2 aromatic heterocycles. The van der Waals surface area contributed by atoms with Crippen molar-refractivity contribution in [2.45, 2.75) is 170 Å². The average Bonchev–Trinajstić information content (AvgIpc) is 3.93. The molecule has 1 saturated heterocycles. The molecular formula is C54H85N8O+. The minimum absolute atomic E-state index is 0.822. The molecule has 5 rings (SSSR count). The molecule has 63 heavy (non-hydrogen) atoms. The molecule has 0 amide bonds. The third-order valence-electron chi connectivity index (χ3n) is 11.3. The number of aromatic nitrogens is 2. The van der Waals surface area contributed by atoms with E-state index in [1.54, 1.807) is 12.4 Å². The van der Waals surface area contributed by atoms with Crippen LogP contribution in [0.25, 0.3) is 0 Å². The zero-order valence-electron chi connectivity index (χ0n) is 40.3. The van der Waals surface area contributed by atoms with Crippen LogP contribution in [0.3, 0.4) is 0 Å².